The number of hydrogen-bond acceptors (Lipinski definition) is 4. The van der Waals surface area contributed by atoms with E-state index in [-0.39, 0.29) is 0 Å². The van der Waals surface area contributed by atoms with E-state index < -0.39 is 16.9 Å². The van der Waals surface area contributed by atoms with E-state index in [4.69, 9.17) is 13.3 Å². The molecule has 0 unspecified atom stereocenters. The Balaban J connectivity index is 3.71. The maximum absolute atomic E-state index is 5.38. The summed E-state index contributed by atoms with van der Waals surface area (Å²) < 4.78 is 16.1. The molecule has 0 atom stereocenters. The monoisotopic (exact) mass is 282 g/mol. The molecule has 0 aliphatic carbocycles. The second-order valence-electron chi connectivity index (χ2n) is 5.01. The van der Waals surface area contributed by atoms with Crippen molar-refractivity contribution in [2.75, 3.05) is 32.5 Å². The first-order valence-corrected chi connectivity index (χ1v) is 12.4. The van der Waals surface area contributed by atoms with Crippen LogP contribution in [0.15, 0.2) is 0 Å². The van der Waals surface area contributed by atoms with Crippen LogP contribution in [0.2, 0.25) is 25.7 Å². The average Bonchev–Trinajstić information content (AvgIpc) is 2.23. The zero-order valence-corrected chi connectivity index (χ0v) is 14.3. The summed E-state index contributed by atoms with van der Waals surface area (Å²) in [5.41, 5.74) is 0. The van der Waals surface area contributed by atoms with Gasteiger partial charge in [-0.05, 0) is 17.5 Å². The molecular weight excluding hydrogens is 256 g/mol. The largest absolute Gasteiger partial charge is 0.500 e. The van der Waals surface area contributed by atoms with Crippen LogP contribution in [0.1, 0.15) is 6.42 Å². The van der Waals surface area contributed by atoms with Gasteiger partial charge in [-0.3, -0.25) is 0 Å². The Morgan fingerprint density at radius 1 is 0.938 bits per heavy atom. The van der Waals surface area contributed by atoms with Gasteiger partial charge in [0.1, 0.15) is 0 Å². The van der Waals surface area contributed by atoms with E-state index in [0.29, 0.717) is 0 Å². The van der Waals surface area contributed by atoms with Crippen LogP contribution in [0.4, 0.5) is 0 Å². The standard InChI is InChI=1S/C10H26O3SSi2/c1-11-16(12-2,13-3)9-7-8-14-10-15(4,5)6/h7-10H2,1-6H3. The summed E-state index contributed by atoms with van der Waals surface area (Å²) >= 11 is 2.05. The van der Waals surface area contributed by atoms with Crippen molar-refractivity contribution in [3.8, 4) is 0 Å². The van der Waals surface area contributed by atoms with E-state index in [1.54, 1.807) is 21.3 Å². The summed E-state index contributed by atoms with van der Waals surface area (Å²) in [7, 11) is 1.81. The Bertz CT molecular complexity index is 173. The molecule has 0 radical (unpaired) electrons. The molecule has 0 saturated heterocycles. The average molecular weight is 283 g/mol. The Morgan fingerprint density at radius 2 is 1.44 bits per heavy atom. The van der Waals surface area contributed by atoms with Crippen molar-refractivity contribution in [1.29, 1.82) is 0 Å². The second kappa shape index (κ2) is 7.89. The summed E-state index contributed by atoms with van der Waals surface area (Å²) in [5.74, 6) is 1.18. The van der Waals surface area contributed by atoms with E-state index in [2.05, 4.69) is 19.6 Å². The Labute approximate surface area is 107 Å². The zero-order chi connectivity index (χ0) is 12.7. The van der Waals surface area contributed by atoms with Gasteiger partial charge in [0, 0.05) is 27.4 Å². The van der Waals surface area contributed by atoms with Crippen LogP contribution in [0, 0.1) is 0 Å². The molecule has 0 fully saturated rings. The zero-order valence-electron chi connectivity index (χ0n) is 11.5. The van der Waals surface area contributed by atoms with E-state index >= 15 is 0 Å². The fraction of sp³-hybridized carbons (Fsp3) is 1.00. The fourth-order valence-corrected chi connectivity index (χ4v) is 6.68. The van der Waals surface area contributed by atoms with Crippen LogP contribution >= 0.6 is 11.8 Å². The minimum absolute atomic E-state index is 0.897. The third-order valence-corrected chi connectivity index (χ3v) is 9.93. The third-order valence-electron chi connectivity index (χ3n) is 2.24. The summed E-state index contributed by atoms with van der Waals surface area (Å²) in [5, 5.41) is 1.33. The van der Waals surface area contributed by atoms with E-state index in [0.717, 1.165) is 12.5 Å². The Hall–Kier alpha value is 0.664. The normalized spacial score (nSPS) is 13.1. The van der Waals surface area contributed by atoms with Crippen LogP contribution in [0.3, 0.4) is 0 Å². The quantitative estimate of drug-likeness (QED) is 0.480. The number of rotatable bonds is 9. The molecule has 0 aliphatic heterocycles. The highest BCUT2D eigenvalue weighted by molar-refractivity contribution is 8.00. The van der Waals surface area contributed by atoms with Gasteiger partial charge in [-0.15, -0.1) is 0 Å². The molecule has 16 heavy (non-hydrogen) atoms. The molecule has 0 aromatic rings. The van der Waals surface area contributed by atoms with Crippen molar-refractivity contribution in [3.63, 3.8) is 0 Å². The molecule has 0 aliphatic rings. The molecular formula is C10H26O3SSi2. The highest BCUT2D eigenvalue weighted by Gasteiger charge is 2.36. The van der Waals surface area contributed by atoms with Gasteiger partial charge in [0.05, 0.1) is 8.07 Å². The summed E-state index contributed by atoms with van der Waals surface area (Å²) in [6.45, 7) is 7.20. The van der Waals surface area contributed by atoms with Crippen LogP contribution in [-0.2, 0) is 13.3 Å². The van der Waals surface area contributed by atoms with Crippen molar-refractivity contribution in [1.82, 2.24) is 0 Å². The molecule has 6 heteroatoms. The van der Waals surface area contributed by atoms with Crippen LogP contribution in [0.5, 0.6) is 0 Å². The van der Waals surface area contributed by atoms with Gasteiger partial charge in [-0.2, -0.15) is 11.8 Å². The number of thioether (sulfide) groups is 1. The topological polar surface area (TPSA) is 27.7 Å². The predicted octanol–water partition coefficient (Wildman–Crippen LogP) is 2.87. The van der Waals surface area contributed by atoms with Crippen LogP contribution in [-0.4, -0.2) is 49.3 Å². The highest BCUT2D eigenvalue weighted by Crippen LogP contribution is 2.18. The van der Waals surface area contributed by atoms with Gasteiger partial charge < -0.3 is 13.3 Å². The molecule has 0 aromatic heterocycles. The van der Waals surface area contributed by atoms with Gasteiger partial charge >= 0.3 is 8.80 Å². The van der Waals surface area contributed by atoms with E-state index in [1.807, 2.05) is 11.8 Å². The lowest BCUT2D eigenvalue weighted by Crippen LogP contribution is -2.42. The van der Waals surface area contributed by atoms with E-state index in [1.165, 1.54) is 11.1 Å². The lowest BCUT2D eigenvalue weighted by molar-refractivity contribution is 0.123. The summed E-state index contributed by atoms with van der Waals surface area (Å²) in [6, 6.07) is 0.912. The van der Waals surface area contributed by atoms with Crippen molar-refractivity contribution >= 4 is 28.6 Å². The lowest BCUT2D eigenvalue weighted by atomic mass is 10.6. The first-order valence-electron chi connectivity index (χ1n) is 5.62. The number of hydrogen-bond donors (Lipinski definition) is 0. The van der Waals surface area contributed by atoms with Crippen molar-refractivity contribution < 1.29 is 13.3 Å². The highest BCUT2D eigenvalue weighted by atomic mass is 32.2. The predicted molar refractivity (Wildman–Crippen MR) is 76.9 cm³/mol. The summed E-state index contributed by atoms with van der Waals surface area (Å²) in [4.78, 5) is 0. The first-order chi connectivity index (χ1) is 7.39. The van der Waals surface area contributed by atoms with Gasteiger partial charge in [-0.1, -0.05) is 19.6 Å². The van der Waals surface area contributed by atoms with Crippen molar-refractivity contribution in [2.45, 2.75) is 32.1 Å². The summed E-state index contributed by atoms with van der Waals surface area (Å²) in [6.07, 6.45) is 1.11. The van der Waals surface area contributed by atoms with Crippen LogP contribution < -0.4 is 0 Å². The van der Waals surface area contributed by atoms with Crippen molar-refractivity contribution in [3.05, 3.63) is 0 Å². The molecule has 0 rings (SSSR count). The molecule has 0 spiro atoms. The van der Waals surface area contributed by atoms with Gasteiger partial charge in [-0.25, -0.2) is 0 Å². The third kappa shape index (κ3) is 7.08. The smallest absolute Gasteiger partial charge is 0.377 e. The van der Waals surface area contributed by atoms with Gasteiger partial charge in [0.2, 0.25) is 0 Å². The molecule has 3 nitrogen and oxygen atoms in total. The molecule has 0 N–H and O–H groups in total. The maximum atomic E-state index is 5.38. The minimum Gasteiger partial charge on any atom is -0.377 e. The SMILES string of the molecule is CO[Si](CCCSC[Si](C)(C)C)(OC)OC. The molecule has 0 aromatic carbocycles. The molecule has 98 valence electrons. The molecule has 0 bridgehead atoms. The van der Waals surface area contributed by atoms with Crippen LogP contribution in [0.25, 0.3) is 0 Å². The van der Waals surface area contributed by atoms with Gasteiger partial charge in [0.25, 0.3) is 0 Å². The molecule has 0 heterocycles. The Kier molecular flexibility index (Phi) is 8.22. The first kappa shape index (κ1) is 16.7. The maximum Gasteiger partial charge on any atom is 0.500 e. The lowest BCUT2D eigenvalue weighted by Gasteiger charge is -2.24. The second-order valence-corrected chi connectivity index (χ2v) is 15.2. The Morgan fingerprint density at radius 3 is 1.81 bits per heavy atom. The molecule has 0 amide bonds. The van der Waals surface area contributed by atoms with Crippen molar-refractivity contribution in [2.24, 2.45) is 0 Å². The minimum atomic E-state index is -2.32. The van der Waals surface area contributed by atoms with Gasteiger partial charge in [0.15, 0.2) is 0 Å². The van der Waals surface area contributed by atoms with E-state index in [9.17, 15) is 0 Å². The molecule has 0 saturated carbocycles. The fourth-order valence-electron chi connectivity index (χ4n) is 1.33.